The van der Waals surface area contributed by atoms with E-state index in [9.17, 15) is 0 Å². The number of methoxy groups -OCH3 is 1. The highest BCUT2D eigenvalue weighted by molar-refractivity contribution is 5.73. The third-order valence-corrected chi connectivity index (χ3v) is 3.97. The molecular formula is C18H21N3O. The predicted molar refractivity (Wildman–Crippen MR) is 88.8 cm³/mol. The summed E-state index contributed by atoms with van der Waals surface area (Å²) in [6, 6.07) is 8.20. The highest BCUT2D eigenvalue weighted by Gasteiger charge is 2.15. The van der Waals surface area contributed by atoms with Crippen molar-refractivity contribution in [2.24, 2.45) is 0 Å². The minimum absolute atomic E-state index is 0.121. The molecule has 0 amide bonds. The largest absolute Gasteiger partial charge is 0.496 e. The molecule has 1 atom stereocenters. The van der Waals surface area contributed by atoms with Gasteiger partial charge in [0.05, 0.1) is 19.3 Å². The van der Waals surface area contributed by atoms with Crippen LogP contribution in [0.4, 0.5) is 0 Å². The molecule has 0 saturated carbocycles. The van der Waals surface area contributed by atoms with E-state index < -0.39 is 0 Å². The zero-order chi connectivity index (χ0) is 15.5. The van der Waals surface area contributed by atoms with E-state index in [2.05, 4.69) is 54.6 Å². The van der Waals surface area contributed by atoms with Crippen LogP contribution in [0.3, 0.4) is 0 Å². The van der Waals surface area contributed by atoms with E-state index in [4.69, 9.17) is 4.74 Å². The summed E-state index contributed by atoms with van der Waals surface area (Å²) in [7, 11) is 3.78. The monoisotopic (exact) mass is 295 g/mol. The molecule has 0 radical (unpaired) electrons. The summed E-state index contributed by atoms with van der Waals surface area (Å²) >= 11 is 0. The van der Waals surface area contributed by atoms with Crippen LogP contribution in [0.2, 0.25) is 0 Å². The first-order valence-corrected chi connectivity index (χ1v) is 7.45. The molecule has 22 heavy (non-hydrogen) atoms. The maximum absolute atomic E-state index is 5.45. The average molecular weight is 295 g/mol. The van der Waals surface area contributed by atoms with Gasteiger partial charge in [-0.3, -0.25) is 4.68 Å². The normalized spacial score (nSPS) is 15.6. The Hall–Kier alpha value is -2.49. The van der Waals surface area contributed by atoms with Crippen LogP contribution in [0.15, 0.2) is 55.0 Å². The Labute approximate surface area is 131 Å². The molecule has 1 aliphatic heterocycles. The molecule has 3 rings (SSSR count). The van der Waals surface area contributed by atoms with Crippen molar-refractivity contribution in [3.05, 3.63) is 66.1 Å². The van der Waals surface area contributed by atoms with Crippen LogP contribution >= 0.6 is 0 Å². The summed E-state index contributed by atoms with van der Waals surface area (Å²) < 4.78 is 7.44. The lowest BCUT2D eigenvalue weighted by molar-refractivity contribution is 0.400. The van der Waals surface area contributed by atoms with E-state index in [0.29, 0.717) is 0 Å². The molecular weight excluding hydrogens is 274 g/mol. The fraction of sp³-hybridized carbons (Fsp3) is 0.278. The summed E-state index contributed by atoms with van der Waals surface area (Å²) in [6.45, 7) is 3.08. The first kappa shape index (κ1) is 14.4. The number of nitrogens with zero attached hydrogens (tertiary/aromatic N) is 3. The molecule has 0 saturated heterocycles. The Morgan fingerprint density at radius 1 is 1.27 bits per heavy atom. The Morgan fingerprint density at radius 2 is 2.09 bits per heavy atom. The molecule has 1 aliphatic rings. The van der Waals surface area contributed by atoms with Crippen molar-refractivity contribution in [3.8, 4) is 5.75 Å². The van der Waals surface area contributed by atoms with Gasteiger partial charge in [-0.1, -0.05) is 30.4 Å². The first-order valence-electron chi connectivity index (χ1n) is 7.45. The number of hydrogen-bond acceptors (Lipinski definition) is 3. The summed E-state index contributed by atoms with van der Waals surface area (Å²) in [6.07, 6.45) is 10.5. The Kier molecular flexibility index (Phi) is 4.00. The smallest absolute Gasteiger partial charge is 0.124 e. The lowest BCUT2D eigenvalue weighted by Gasteiger charge is -2.17. The van der Waals surface area contributed by atoms with Gasteiger partial charge < -0.3 is 9.64 Å². The van der Waals surface area contributed by atoms with Gasteiger partial charge in [-0.05, 0) is 13.0 Å². The average Bonchev–Trinajstić information content (AvgIpc) is 3.04. The van der Waals surface area contributed by atoms with Crippen molar-refractivity contribution in [1.29, 1.82) is 0 Å². The maximum Gasteiger partial charge on any atom is 0.124 e. The molecule has 1 unspecified atom stereocenters. The molecule has 1 aromatic carbocycles. The quantitative estimate of drug-likeness (QED) is 0.866. The van der Waals surface area contributed by atoms with Crippen LogP contribution in [-0.4, -0.2) is 35.4 Å². The standard InChI is InChI=1S/C18H21N3O/c1-14(17-8-4-5-9-18(17)22-3)21-13-16(11-19-21)15-7-6-10-20(2)12-15/h4-9,11-14H,10H2,1-3H3. The topological polar surface area (TPSA) is 30.3 Å². The van der Waals surface area contributed by atoms with E-state index in [1.54, 1.807) is 7.11 Å². The maximum atomic E-state index is 5.45. The second-order valence-corrected chi connectivity index (χ2v) is 5.55. The lowest BCUT2D eigenvalue weighted by atomic mass is 10.1. The van der Waals surface area contributed by atoms with Gasteiger partial charge in [0.2, 0.25) is 0 Å². The number of para-hydroxylation sites is 1. The molecule has 4 heteroatoms. The number of benzene rings is 1. The van der Waals surface area contributed by atoms with Crippen LogP contribution in [0.25, 0.3) is 5.57 Å². The number of aromatic nitrogens is 2. The van der Waals surface area contributed by atoms with Crippen molar-refractivity contribution in [1.82, 2.24) is 14.7 Å². The van der Waals surface area contributed by atoms with Crippen LogP contribution in [0.1, 0.15) is 24.1 Å². The molecule has 114 valence electrons. The van der Waals surface area contributed by atoms with Crippen molar-refractivity contribution in [2.45, 2.75) is 13.0 Å². The summed E-state index contributed by atoms with van der Waals surface area (Å²) in [5.74, 6) is 0.892. The number of rotatable bonds is 4. The highest BCUT2D eigenvalue weighted by atomic mass is 16.5. The SMILES string of the molecule is COc1ccccc1C(C)n1cc(C2=CN(C)CC=C2)cn1. The zero-order valence-corrected chi connectivity index (χ0v) is 13.2. The zero-order valence-electron chi connectivity index (χ0n) is 13.2. The van der Waals surface area contributed by atoms with Gasteiger partial charge in [0.15, 0.2) is 0 Å². The summed E-state index contributed by atoms with van der Waals surface area (Å²) in [4.78, 5) is 2.16. The van der Waals surface area contributed by atoms with Crippen molar-refractivity contribution in [2.75, 3.05) is 20.7 Å². The van der Waals surface area contributed by atoms with Gasteiger partial charge in [-0.2, -0.15) is 5.10 Å². The third kappa shape index (κ3) is 2.77. The summed E-state index contributed by atoms with van der Waals surface area (Å²) in [5, 5.41) is 4.54. The predicted octanol–water partition coefficient (Wildman–Crippen LogP) is 3.34. The van der Waals surface area contributed by atoms with Crippen LogP contribution in [0, 0.1) is 0 Å². The van der Waals surface area contributed by atoms with Crippen LogP contribution in [0.5, 0.6) is 5.75 Å². The summed E-state index contributed by atoms with van der Waals surface area (Å²) in [5.41, 5.74) is 3.45. The highest BCUT2D eigenvalue weighted by Crippen LogP contribution is 2.28. The fourth-order valence-corrected chi connectivity index (χ4v) is 2.70. The van der Waals surface area contributed by atoms with E-state index in [0.717, 1.165) is 23.4 Å². The van der Waals surface area contributed by atoms with Gasteiger partial charge in [0, 0.05) is 42.7 Å². The van der Waals surface area contributed by atoms with E-state index in [1.165, 1.54) is 5.57 Å². The minimum atomic E-state index is 0.121. The van der Waals surface area contributed by atoms with E-state index in [-0.39, 0.29) is 6.04 Å². The third-order valence-electron chi connectivity index (χ3n) is 3.97. The van der Waals surface area contributed by atoms with Crippen LogP contribution in [-0.2, 0) is 0 Å². The Morgan fingerprint density at radius 3 is 2.86 bits per heavy atom. The second kappa shape index (κ2) is 6.10. The number of likely N-dealkylation sites (N-methyl/N-ethyl adjacent to an activating group) is 1. The Balaban J connectivity index is 1.89. The number of ether oxygens (including phenoxy) is 1. The second-order valence-electron chi connectivity index (χ2n) is 5.55. The molecule has 1 aromatic heterocycles. The molecule has 4 nitrogen and oxygen atoms in total. The van der Waals surface area contributed by atoms with Crippen LogP contribution < -0.4 is 4.74 Å². The minimum Gasteiger partial charge on any atom is -0.496 e. The van der Waals surface area contributed by atoms with Gasteiger partial charge >= 0.3 is 0 Å². The first-order chi connectivity index (χ1) is 10.7. The number of allylic oxidation sites excluding steroid dienone is 2. The van der Waals surface area contributed by atoms with E-state index in [1.807, 2.05) is 29.1 Å². The molecule has 0 bridgehead atoms. The molecule has 0 aliphatic carbocycles. The molecule has 2 heterocycles. The molecule has 2 aromatic rings. The Bertz CT molecular complexity index is 715. The molecule has 0 spiro atoms. The number of hydrogen-bond donors (Lipinski definition) is 0. The van der Waals surface area contributed by atoms with Crippen molar-refractivity contribution < 1.29 is 4.74 Å². The lowest BCUT2D eigenvalue weighted by Crippen LogP contribution is -2.13. The fourth-order valence-electron chi connectivity index (χ4n) is 2.70. The van der Waals surface area contributed by atoms with Gasteiger partial charge in [0.25, 0.3) is 0 Å². The van der Waals surface area contributed by atoms with Gasteiger partial charge in [0.1, 0.15) is 5.75 Å². The van der Waals surface area contributed by atoms with Crippen molar-refractivity contribution in [3.63, 3.8) is 0 Å². The van der Waals surface area contributed by atoms with E-state index >= 15 is 0 Å². The van der Waals surface area contributed by atoms with Crippen molar-refractivity contribution >= 4 is 5.57 Å². The van der Waals surface area contributed by atoms with Gasteiger partial charge in [-0.25, -0.2) is 0 Å². The molecule has 0 fully saturated rings. The molecule has 0 N–H and O–H groups in total. The van der Waals surface area contributed by atoms with Gasteiger partial charge in [-0.15, -0.1) is 0 Å².